The Kier molecular flexibility index (Phi) is 5.21. The maximum atomic E-state index is 11.9. The first kappa shape index (κ1) is 20.0. The highest BCUT2D eigenvalue weighted by atomic mass is 16.5. The van der Waals surface area contributed by atoms with Gasteiger partial charge in [-0.2, -0.15) is 5.26 Å². The predicted octanol–water partition coefficient (Wildman–Crippen LogP) is 4.49. The van der Waals surface area contributed by atoms with E-state index in [0.29, 0.717) is 23.0 Å². The molecule has 0 bridgehead atoms. The average molecular weight is 426 g/mol. The highest BCUT2D eigenvalue weighted by Gasteiger charge is 2.22. The minimum atomic E-state index is -0.0778. The smallest absolute Gasteiger partial charge is 0.250 e. The fraction of sp³-hybridized carbons (Fsp3) is 0.240. The summed E-state index contributed by atoms with van der Waals surface area (Å²) in [6.07, 6.45) is 3.65. The van der Waals surface area contributed by atoms with E-state index in [4.69, 9.17) is 19.7 Å². The summed E-state index contributed by atoms with van der Waals surface area (Å²) in [5.74, 6) is 2.48. The van der Waals surface area contributed by atoms with E-state index < -0.39 is 0 Å². The Bertz CT molecular complexity index is 1370. The summed E-state index contributed by atoms with van der Waals surface area (Å²) in [7, 11) is 1.73. The van der Waals surface area contributed by atoms with Crippen LogP contribution in [0.15, 0.2) is 59.5 Å². The minimum absolute atomic E-state index is 0.0778. The Labute approximate surface area is 184 Å². The first-order chi connectivity index (χ1) is 15.6. The van der Waals surface area contributed by atoms with Gasteiger partial charge >= 0.3 is 0 Å². The zero-order chi connectivity index (χ0) is 22.1. The molecule has 5 rings (SSSR count). The van der Waals surface area contributed by atoms with Crippen molar-refractivity contribution >= 4 is 11.0 Å². The molecule has 0 saturated carbocycles. The molecule has 0 spiro atoms. The number of imidazole rings is 1. The van der Waals surface area contributed by atoms with Crippen molar-refractivity contribution in [1.29, 1.82) is 5.26 Å². The van der Waals surface area contributed by atoms with Crippen molar-refractivity contribution in [2.24, 2.45) is 7.05 Å². The van der Waals surface area contributed by atoms with E-state index in [-0.39, 0.29) is 5.56 Å². The second kappa shape index (κ2) is 8.33. The van der Waals surface area contributed by atoms with Gasteiger partial charge in [-0.1, -0.05) is 0 Å². The molecule has 1 fully saturated rings. The molecule has 4 aromatic rings. The summed E-state index contributed by atoms with van der Waals surface area (Å²) >= 11 is 0. The van der Waals surface area contributed by atoms with E-state index in [1.165, 1.54) is 0 Å². The summed E-state index contributed by atoms with van der Waals surface area (Å²) < 4.78 is 13.4. The van der Waals surface area contributed by atoms with Crippen LogP contribution < -0.4 is 10.3 Å². The van der Waals surface area contributed by atoms with Gasteiger partial charge < -0.3 is 19.0 Å². The van der Waals surface area contributed by atoms with Crippen LogP contribution in [0.2, 0.25) is 0 Å². The summed E-state index contributed by atoms with van der Waals surface area (Å²) in [6.45, 7) is 1.47. The van der Waals surface area contributed by atoms with Gasteiger partial charge in [-0.25, -0.2) is 4.98 Å². The van der Waals surface area contributed by atoms with Crippen molar-refractivity contribution in [2.75, 3.05) is 13.2 Å². The molecule has 1 N–H and O–H groups in total. The Morgan fingerprint density at radius 1 is 1.12 bits per heavy atom. The standard InChI is InChI=1S/C25H22N4O3/c1-29-15-18(4-9-22(29)30)20-7-8-21-23(28-25(27-21)17-10-12-31-13-11-17)24(20)32-19-5-2-16(14-26)3-6-19/h2-9,15,17H,10-13H2,1H3,(H,27,28). The fourth-order valence-corrected chi connectivity index (χ4v) is 4.03. The Balaban J connectivity index is 1.65. The molecule has 1 saturated heterocycles. The lowest BCUT2D eigenvalue weighted by molar-refractivity contribution is 0.0838. The summed E-state index contributed by atoms with van der Waals surface area (Å²) in [5, 5.41) is 9.09. The molecule has 1 aliphatic rings. The molecule has 3 heterocycles. The van der Waals surface area contributed by atoms with Crippen molar-refractivity contribution in [1.82, 2.24) is 14.5 Å². The van der Waals surface area contributed by atoms with E-state index >= 15 is 0 Å². The van der Waals surface area contributed by atoms with Crippen molar-refractivity contribution in [2.45, 2.75) is 18.8 Å². The second-order valence-electron chi connectivity index (χ2n) is 7.95. The molecule has 160 valence electrons. The van der Waals surface area contributed by atoms with E-state index in [1.807, 2.05) is 12.1 Å². The van der Waals surface area contributed by atoms with Gasteiger partial charge in [-0.05, 0) is 55.3 Å². The van der Waals surface area contributed by atoms with Crippen LogP contribution in [0, 0.1) is 11.3 Å². The predicted molar refractivity (Wildman–Crippen MR) is 121 cm³/mol. The first-order valence-electron chi connectivity index (χ1n) is 10.6. The van der Waals surface area contributed by atoms with Gasteiger partial charge in [0.2, 0.25) is 5.56 Å². The van der Waals surface area contributed by atoms with Crippen molar-refractivity contribution in [3.63, 3.8) is 0 Å². The molecular weight excluding hydrogens is 404 g/mol. The molecule has 7 nitrogen and oxygen atoms in total. The van der Waals surface area contributed by atoms with Gasteiger partial charge in [-0.3, -0.25) is 4.79 Å². The fourth-order valence-electron chi connectivity index (χ4n) is 4.03. The SMILES string of the molecule is Cn1cc(-c2ccc3[nH]c(C4CCOCC4)nc3c2Oc2ccc(C#N)cc2)ccc1=O. The number of aromatic nitrogens is 3. The normalized spacial score (nSPS) is 14.4. The number of hydrogen-bond acceptors (Lipinski definition) is 5. The first-order valence-corrected chi connectivity index (χ1v) is 10.6. The average Bonchev–Trinajstić information content (AvgIpc) is 3.27. The van der Waals surface area contributed by atoms with E-state index in [2.05, 4.69) is 11.1 Å². The molecule has 2 aromatic heterocycles. The van der Waals surface area contributed by atoms with Crippen LogP contribution in [-0.4, -0.2) is 27.7 Å². The van der Waals surface area contributed by atoms with Crippen molar-refractivity contribution in [3.8, 4) is 28.7 Å². The third-order valence-corrected chi connectivity index (χ3v) is 5.83. The topological polar surface area (TPSA) is 92.9 Å². The molecule has 7 heteroatoms. The maximum Gasteiger partial charge on any atom is 0.250 e. The van der Waals surface area contributed by atoms with Crippen LogP contribution in [0.3, 0.4) is 0 Å². The Hall–Kier alpha value is -3.89. The number of nitriles is 1. The summed E-state index contributed by atoms with van der Waals surface area (Å²) in [4.78, 5) is 20.3. The number of aryl methyl sites for hydroxylation is 1. The van der Waals surface area contributed by atoms with Crippen LogP contribution in [-0.2, 0) is 11.8 Å². The summed E-state index contributed by atoms with van der Waals surface area (Å²) in [5.41, 5.74) is 3.81. The van der Waals surface area contributed by atoms with Gasteiger partial charge in [0.25, 0.3) is 0 Å². The van der Waals surface area contributed by atoms with E-state index in [1.54, 1.807) is 54.2 Å². The molecule has 32 heavy (non-hydrogen) atoms. The number of ether oxygens (including phenoxy) is 2. The molecule has 0 unspecified atom stereocenters. The van der Waals surface area contributed by atoms with Crippen molar-refractivity contribution < 1.29 is 9.47 Å². The van der Waals surface area contributed by atoms with Crippen LogP contribution in [0.5, 0.6) is 11.5 Å². The Morgan fingerprint density at radius 2 is 1.91 bits per heavy atom. The van der Waals surface area contributed by atoms with Crippen molar-refractivity contribution in [3.05, 3.63) is 76.5 Å². The highest BCUT2D eigenvalue weighted by Crippen LogP contribution is 2.39. The zero-order valence-electron chi connectivity index (χ0n) is 17.7. The lowest BCUT2D eigenvalue weighted by Crippen LogP contribution is -2.15. The largest absolute Gasteiger partial charge is 0.454 e. The monoisotopic (exact) mass is 426 g/mol. The number of hydrogen-bond donors (Lipinski definition) is 1. The molecule has 0 radical (unpaired) electrons. The quantitative estimate of drug-likeness (QED) is 0.519. The number of benzene rings is 2. The lowest BCUT2D eigenvalue weighted by atomic mass is 10.00. The molecule has 0 amide bonds. The zero-order valence-corrected chi connectivity index (χ0v) is 17.7. The van der Waals surface area contributed by atoms with Crippen LogP contribution in [0.1, 0.15) is 30.1 Å². The molecule has 2 aromatic carbocycles. The number of H-pyrrole nitrogens is 1. The highest BCUT2D eigenvalue weighted by molar-refractivity contribution is 5.91. The molecular formula is C25H22N4O3. The van der Waals surface area contributed by atoms with Gasteiger partial charge in [0, 0.05) is 49.6 Å². The van der Waals surface area contributed by atoms with Gasteiger partial charge in [0.05, 0.1) is 17.1 Å². The lowest BCUT2D eigenvalue weighted by Gasteiger charge is -2.19. The number of nitrogens with zero attached hydrogens (tertiary/aromatic N) is 3. The molecule has 0 atom stereocenters. The Morgan fingerprint density at radius 3 is 2.62 bits per heavy atom. The molecule has 0 aliphatic carbocycles. The number of rotatable bonds is 4. The van der Waals surface area contributed by atoms with Gasteiger partial charge in [-0.15, -0.1) is 0 Å². The van der Waals surface area contributed by atoms with Crippen LogP contribution >= 0.6 is 0 Å². The van der Waals surface area contributed by atoms with E-state index in [0.717, 1.165) is 54.0 Å². The number of pyridine rings is 1. The second-order valence-corrected chi connectivity index (χ2v) is 7.95. The van der Waals surface area contributed by atoms with Crippen LogP contribution in [0.4, 0.5) is 0 Å². The van der Waals surface area contributed by atoms with Gasteiger partial charge in [0.15, 0.2) is 5.75 Å². The third-order valence-electron chi connectivity index (χ3n) is 5.83. The number of nitrogens with one attached hydrogen (secondary N) is 1. The third kappa shape index (κ3) is 3.77. The van der Waals surface area contributed by atoms with Gasteiger partial charge in [0.1, 0.15) is 17.1 Å². The van der Waals surface area contributed by atoms with Crippen LogP contribution in [0.25, 0.3) is 22.2 Å². The maximum absolute atomic E-state index is 11.9. The molecule has 1 aliphatic heterocycles. The minimum Gasteiger partial charge on any atom is -0.454 e. The number of aromatic amines is 1. The van der Waals surface area contributed by atoms with E-state index in [9.17, 15) is 4.79 Å². The number of fused-ring (bicyclic) bond motifs is 1. The summed E-state index contributed by atoms with van der Waals surface area (Å²) in [6, 6.07) is 16.4.